The fourth-order valence-electron chi connectivity index (χ4n) is 1.73. The van der Waals surface area contributed by atoms with Crippen LogP contribution in [0.3, 0.4) is 0 Å². The summed E-state index contributed by atoms with van der Waals surface area (Å²) < 4.78 is 0. The van der Waals surface area contributed by atoms with Crippen LogP contribution in [0.5, 0.6) is 0 Å². The highest BCUT2D eigenvalue weighted by Crippen LogP contribution is 2.07. The fourth-order valence-corrected chi connectivity index (χ4v) is 1.73. The van der Waals surface area contributed by atoms with Crippen LogP contribution >= 0.6 is 0 Å². The molecule has 0 N–H and O–H groups in total. The summed E-state index contributed by atoms with van der Waals surface area (Å²) in [6.45, 7) is 4.26. The molecule has 0 aliphatic rings. The fraction of sp³-hybridized carbons (Fsp3) is 0.571. The highest BCUT2D eigenvalue weighted by atomic mass is 16.1. The maximum atomic E-state index is 11.6. The van der Waals surface area contributed by atoms with Gasteiger partial charge in [-0.1, -0.05) is 26.7 Å². The molecule has 0 saturated heterocycles. The number of pyridine rings is 1. The minimum atomic E-state index is 0.308. The van der Waals surface area contributed by atoms with Gasteiger partial charge in [0.15, 0.2) is 0 Å². The summed E-state index contributed by atoms with van der Waals surface area (Å²) in [7, 11) is 0. The normalized spacial score (nSPS) is 10.4. The van der Waals surface area contributed by atoms with Crippen molar-refractivity contribution < 1.29 is 4.79 Å². The SMILES string of the molecule is CCCCC(=O)Cc1cc(CCC)ccn1. The van der Waals surface area contributed by atoms with Gasteiger partial charge in [0.25, 0.3) is 0 Å². The maximum Gasteiger partial charge on any atom is 0.138 e. The van der Waals surface area contributed by atoms with Gasteiger partial charge in [0.1, 0.15) is 5.78 Å². The number of aromatic nitrogens is 1. The summed E-state index contributed by atoms with van der Waals surface area (Å²) in [5.74, 6) is 0.308. The zero-order valence-electron chi connectivity index (χ0n) is 10.3. The van der Waals surface area contributed by atoms with Crippen molar-refractivity contribution in [2.45, 2.75) is 52.4 Å². The number of aryl methyl sites for hydroxylation is 1. The molecule has 88 valence electrons. The molecule has 1 aromatic rings. The van der Waals surface area contributed by atoms with Crippen LogP contribution in [0.15, 0.2) is 18.3 Å². The molecule has 1 heterocycles. The van der Waals surface area contributed by atoms with Gasteiger partial charge >= 0.3 is 0 Å². The number of nitrogens with zero attached hydrogens (tertiary/aromatic N) is 1. The third-order valence-corrected chi connectivity index (χ3v) is 2.61. The minimum Gasteiger partial charge on any atom is -0.299 e. The molecule has 0 aliphatic heterocycles. The predicted octanol–water partition coefficient (Wildman–Crippen LogP) is 3.34. The van der Waals surface area contributed by atoms with E-state index in [1.807, 2.05) is 12.3 Å². The van der Waals surface area contributed by atoms with Crippen LogP contribution in [-0.2, 0) is 17.6 Å². The summed E-state index contributed by atoms with van der Waals surface area (Å²) in [5, 5.41) is 0. The van der Waals surface area contributed by atoms with E-state index in [0.29, 0.717) is 18.6 Å². The van der Waals surface area contributed by atoms with Crippen molar-refractivity contribution in [1.29, 1.82) is 0 Å². The van der Waals surface area contributed by atoms with E-state index in [4.69, 9.17) is 0 Å². The van der Waals surface area contributed by atoms with Crippen molar-refractivity contribution in [3.05, 3.63) is 29.6 Å². The van der Waals surface area contributed by atoms with Crippen LogP contribution in [0.2, 0.25) is 0 Å². The Morgan fingerprint density at radius 2 is 2.12 bits per heavy atom. The maximum absolute atomic E-state index is 11.6. The zero-order valence-corrected chi connectivity index (χ0v) is 10.3. The van der Waals surface area contributed by atoms with E-state index in [9.17, 15) is 4.79 Å². The monoisotopic (exact) mass is 219 g/mol. The quantitative estimate of drug-likeness (QED) is 0.704. The van der Waals surface area contributed by atoms with Crippen LogP contribution in [-0.4, -0.2) is 10.8 Å². The lowest BCUT2D eigenvalue weighted by Gasteiger charge is -2.03. The van der Waals surface area contributed by atoms with Crippen molar-refractivity contribution in [1.82, 2.24) is 4.98 Å². The van der Waals surface area contributed by atoms with Crippen molar-refractivity contribution in [2.75, 3.05) is 0 Å². The van der Waals surface area contributed by atoms with Gasteiger partial charge < -0.3 is 0 Å². The molecule has 0 amide bonds. The van der Waals surface area contributed by atoms with Gasteiger partial charge in [-0.3, -0.25) is 9.78 Å². The van der Waals surface area contributed by atoms with E-state index < -0.39 is 0 Å². The molecule has 0 atom stereocenters. The number of rotatable bonds is 7. The first-order chi connectivity index (χ1) is 7.76. The highest BCUT2D eigenvalue weighted by molar-refractivity contribution is 5.80. The Hall–Kier alpha value is -1.18. The molecule has 2 heteroatoms. The van der Waals surface area contributed by atoms with Gasteiger partial charge in [0.2, 0.25) is 0 Å². The number of hydrogen-bond donors (Lipinski definition) is 0. The lowest BCUT2D eigenvalue weighted by molar-refractivity contribution is -0.118. The molecule has 1 aromatic heterocycles. The average molecular weight is 219 g/mol. The highest BCUT2D eigenvalue weighted by Gasteiger charge is 2.04. The number of unbranched alkanes of at least 4 members (excludes halogenated alkanes) is 1. The Morgan fingerprint density at radius 1 is 1.31 bits per heavy atom. The van der Waals surface area contributed by atoms with Crippen molar-refractivity contribution in [3.8, 4) is 0 Å². The second-order valence-electron chi connectivity index (χ2n) is 4.22. The molecule has 0 radical (unpaired) electrons. The molecule has 0 spiro atoms. The molecule has 2 nitrogen and oxygen atoms in total. The predicted molar refractivity (Wildman–Crippen MR) is 66.5 cm³/mol. The average Bonchev–Trinajstić information content (AvgIpc) is 2.27. The number of ketones is 1. The summed E-state index contributed by atoms with van der Waals surface area (Å²) in [6, 6.07) is 4.09. The summed E-state index contributed by atoms with van der Waals surface area (Å²) >= 11 is 0. The first-order valence-electron chi connectivity index (χ1n) is 6.21. The summed E-state index contributed by atoms with van der Waals surface area (Å²) in [5.41, 5.74) is 2.21. The van der Waals surface area contributed by atoms with E-state index in [1.54, 1.807) is 0 Å². The number of Topliss-reactive ketones (excluding diaryl/α,β-unsaturated/α-hetero) is 1. The van der Waals surface area contributed by atoms with E-state index in [0.717, 1.165) is 31.4 Å². The Kier molecular flexibility index (Phi) is 5.76. The first-order valence-corrected chi connectivity index (χ1v) is 6.21. The molecule has 0 aromatic carbocycles. The van der Waals surface area contributed by atoms with Gasteiger partial charge in [0, 0.05) is 24.7 Å². The molecule has 16 heavy (non-hydrogen) atoms. The number of carbonyl (C=O) groups excluding carboxylic acids is 1. The van der Waals surface area contributed by atoms with Gasteiger partial charge in [-0.25, -0.2) is 0 Å². The topological polar surface area (TPSA) is 30.0 Å². The third kappa shape index (κ3) is 4.56. The molecule has 0 unspecified atom stereocenters. The van der Waals surface area contributed by atoms with Crippen molar-refractivity contribution in [3.63, 3.8) is 0 Å². The van der Waals surface area contributed by atoms with Crippen molar-refractivity contribution in [2.24, 2.45) is 0 Å². The van der Waals surface area contributed by atoms with Crippen LogP contribution < -0.4 is 0 Å². The molecule has 0 aliphatic carbocycles. The Bertz CT molecular complexity index is 333. The van der Waals surface area contributed by atoms with E-state index in [2.05, 4.69) is 24.9 Å². The van der Waals surface area contributed by atoms with E-state index in [1.165, 1.54) is 5.56 Å². The lowest BCUT2D eigenvalue weighted by Crippen LogP contribution is -2.04. The Balaban J connectivity index is 2.52. The second kappa shape index (κ2) is 7.15. The molecular formula is C14H21NO. The standard InChI is InChI=1S/C14H21NO/c1-3-5-7-14(16)11-13-10-12(6-4-2)8-9-15-13/h8-10H,3-7,11H2,1-2H3. The van der Waals surface area contributed by atoms with Gasteiger partial charge in [-0.15, -0.1) is 0 Å². The summed E-state index contributed by atoms with van der Waals surface area (Å²) in [4.78, 5) is 15.8. The smallest absolute Gasteiger partial charge is 0.138 e. The second-order valence-corrected chi connectivity index (χ2v) is 4.22. The lowest BCUT2D eigenvalue weighted by atomic mass is 10.1. The first kappa shape index (κ1) is 12.9. The van der Waals surface area contributed by atoms with E-state index in [-0.39, 0.29) is 0 Å². The largest absolute Gasteiger partial charge is 0.299 e. The van der Waals surface area contributed by atoms with E-state index >= 15 is 0 Å². The minimum absolute atomic E-state index is 0.308. The third-order valence-electron chi connectivity index (χ3n) is 2.61. The van der Waals surface area contributed by atoms with Crippen LogP contribution in [0.1, 0.15) is 50.8 Å². The van der Waals surface area contributed by atoms with Gasteiger partial charge in [-0.2, -0.15) is 0 Å². The van der Waals surface area contributed by atoms with Gasteiger partial charge in [-0.05, 0) is 30.5 Å². The number of hydrogen-bond acceptors (Lipinski definition) is 2. The van der Waals surface area contributed by atoms with Crippen LogP contribution in [0.25, 0.3) is 0 Å². The zero-order chi connectivity index (χ0) is 11.8. The molecule has 1 rings (SSSR count). The van der Waals surface area contributed by atoms with Crippen molar-refractivity contribution >= 4 is 5.78 Å². The Morgan fingerprint density at radius 3 is 2.81 bits per heavy atom. The molecular weight excluding hydrogens is 198 g/mol. The van der Waals surface area contributed by atoms with Gasteiger partial charge in [0.05, 0.1) is 0 Å². The van der Waals surface area contributed by atoms with Crippen LogP contribution in [0.4, 0.5) is 0 Å². The summed E-state index contributed by atoms with van der Waals surface area (Å²) in [6.07, 6.45) is 7.27. The number of carbonyl (C=O) groups is 1. The molecule has 0 bridgehead atoms. The molecule has 0 fully saturated rings. The molecule has 0 saturated carbocycles. The Labute approximate surface area is 98.1 Å². The van der Waals surface area contributed by atoms with Crippen LogP contribution in [0, 0.1) is 0 Å².